The molecule has 1 aromatic heterocycles. The van der Waals surface area contributed by atoms with Gasteiger partial charge in [-0.3, -0.25) is 6.08 Å². The monoisotopic (exact) mass is 419 g/mol. The molecule has 0 amide bonds. The van der Waals surface area contributed by atoms with Crippen molar-refractivity contribution >= 4 is 8.80 Å². The predicted molar refractivity (Wildman–Crippen MR) is 82.4 cm³/mol. The summed E-state index contributed by atoms with van der Waals surface area (Å²) in [5, 5.41) is 0.328. The molecule has 116 valence electrons. The largest absolute Gasteiger partial charge is 4.00 e. The molecule has 0 aromatic carbocycles. The van der Waals surface area contributed by atoms with Crippen LogP contribution in [0, 0.1) is 19.2 Å². The molecular weight excluding hydrogens is 396 g/mol. The zero-order chi connectivity index (χ0) is 13.9. The maximum Gasteiger partial charge on any atom is 4.00 e. The summed E-state index contributed by atoms with van der Waals surface area (Å²) < 4.78 is 0. The molecule has 1 nitrogen and oxygen atoms in total. The Morgan fingerprint density at radius 3 is 1.76 bits per heavy atom. The van der Waals surface area contributed by atoms with Crippen LogP contribution in [-0.4, -0.2) is 13.8 Å². The minimum absolute atomic E-state index is 0. The van der Waals surface area contributed by atoms with Gasteiger partial charge in [0.05, 0.1) is 0 Å². The Balaban J connectivity index is -0.000000312. The summed E-state index contributed by atoms with van der Waals surface area (Å²) in [5.74, 6) is 0. The number of aryl methyl sites for hydroxylation is 1. The second-order valence-electron chi connectivity index (χ2n) is 5.64. The van der Waals surface area contributed by atoms with E-state index in [9.17, 15) is 0 Å². The number of hydrogen-bond donors (Lipinski definition) is 1. The van der Waals surface area contributed by atoms with Gasteiger partial charge in [0.15, 0.2) is 0 Å². The van der Waals surface area contributed by atoms with Crippen molar-refractivity contribution in [3.05, 3.63) is 46.8 Å². The third kappa shape index (κ3) is 6.60. The molecule has 1 aliphatic rings. The fraction of sp³-hybridized carbons (Fsp3) is 0.500. The molecule has 0 radical (unpaired) electrons. The van der Waals surface area contributed by atoms with Crippen LogP contribution in [0.1, 0.15) is 33.3 Å². The van der Waals surface area contributed by atoms with Crippen molar-refractivity contribution in [2.75, 3.05) is 0 Å². The number of hydrogen-bond acceptors (Lipinski definition) is 0. The number of aromatic amines is 1. The maximum absolute atomic E-state index is 3.63. The molecule has 0 fully saturated rings. The van der Waals surface area contributed by atoms with Crippen LogP contribution in [-0.2, 0) is 26.2 Å². The first-order chi connectivity index (χ1) is 8.29. The first-order valence-corrected chi connectivity index (χ1v) is 9.49. The van der Waals surface area contributed by atoms with E-state index in [1.54, 1.807) is 5.57 Å². The van der Waals surface area contributed by atoms with Crippen LogP contribution in [0.5, 0.6) is 0 Å². The summed E-state index contributed by atoms with van der Waals surface area (Å²) in [6, 6.07) is 1.97. The summed E-state index contributed by atoms with van der Waals surface area (Å²) >= 11 is 0. The van der Waals surface area contributed by atoms with Gasteiger partial charge in [-0.25, -0.2) is 5.57 Å². The van der Waals surface area contributed by atoms with Crippen LogP contribution in [0.25, 0.3) is 0 Å². The minimum atomic E-state index is -0.663. The molecule has 1 heterocycles. The molecule has 0 aliphatic heterocycles. The van der Waals surface area contributed by atoms with E-state index in [-0.39, 0.29) is 51.0 Å². The third-order valence-corrected chi connectivity index (χ3v) is 7.08. The normalized spacial score (nSPS) is 19.7. The molecule has 1 atom stereocenters. The van der Waals surface area contributed by atoms with E-state index in [4.69, 9.17) is 0 Å². The fourth-order valence-corrected chi connectivity index (χ4v) is 3.78. The summed E-state index contributed by atoms with van der Waals surface area (Å²) in [5.41, 5.74) is 5.56. The molecule has 1 aliphatic carbocycles. The summed E-state index contributed by atoms with van der Waals surface area (Å²) in [6.45, 7) is 15.8. The fourth-order valence-electron chi connectivity index (χ4n) is 2.19. The van der Waals surface area contributed by atoms with E-state index in [0.717, 1.165) is 5.56 Å². The van der Waals surface area contributed by atoms with E-state index in [1.807, 2.05) is 19.2 Å². The van der Waals surface area contributed by atoms with Crippen LogP contribution >= 0.6 is 0 Å². The summed E-state index contributed by atoms with van der Waals surface area (Å²) in [4.78, 5) is 2.80. The van der Waals surface area contributed by atoms with Crippen LogP contribution in [0.15, 0.2) is 29.0 Å². The summed E-state index contributed by atoms with van der Waals surface area (Å²) in [6.07, 6.45) is 8.36. The van der Waals surface area contributed by atoms with Gasteiger partial charge in [0, 0.05) is 8.80 Å². The smallest absolute Gasteiger partial charge is 1.00 e. The number of H-pyrrole nitrogens is 1. The van der Waals surface area contributed by atoms with E-state index in [2.05, 4.69) is 58.0 Å². The molecule has 0 bridgehead atoms. The van der Waals surface area contributed by atoms with Crippen molar-refractivity contribution in [2.45, 2.75) is 52.8 Å². The Labute approximate surface area is 163 Å². The van der Waals surface area contributed by atoms with Crippen molar-refractivity contribution in [3.63, 3.8) is 0 Å². The molecule has 0 saturated carbocycles. The Morgan fingerprint density at radius 2 is 1.62 bits per heavy atom. The van der Waals surface area contributed by atoms with Gasteiger partial charge >= 0.3 is 26.2 Å². The zero-order valence-corrected chi connectivity index (χ0v) is 19.1. The van der Waals surface area contributed by atoms with Crippen molar-refractivity contribution in [2.24, 2.45) is 0 Å². The van der Waals surface area contributed by atoms with Crippen LogP contribution in [0.4, 0.5) is 0 Å². The zero-order valence-electron chi connectivity index (χ0n) is 14.0. The van der Waals surface area contributed by atoms with Gasteiger partial charge in [-0.2, -0.15) is 29.0 Å². The standard InChI is InChI=1S/C11H19Si.C5H6N.2ClH.Zr/c1-8-7-11(4,12(5)6)10(3)9(8)2;1-5-2-3-6-4-5;;;/h12H,1-6H3;2-3,6H,1H3;2*1H;/q2*-1;;;+4/p-2. The van der Waals surface area contributed by atoms with Gasteiger partial charge in [0.25, 0.3) is 0 Å². The number of allylic oxidation sites excluding steroid dienone is 4. The number of nitrogens with one attached hydrogen (secondary N) is 1. The van der Waals surface area contributed by atoms with E-state index < -0.39 is 8.80 Å². The third-order valence-electron chi connectivity index (χ3n) is 4.19. The van der Waals surface area contributed by atoms with Gasteiger partial charge in [-0.1, -0.05) is 45.8 Å². The molecule has 0 spiro atoms. The molecule has 2 rings (SSSR count). The van der Waals surface area contributed by atoms with Gasteiger partial charge in [-0.15, -0.1) is 13.1 Å². The van der Waals surface area contributed by atoms with Crippen molar-refractivity contribution in [3.8, 4) is 0 Å². The molecule has 21 heavy (non-hydrogen) atoms. The van der Waals surface area contributed by atoms with Crippen LogP contribution < -0.4 is 24.8 Å². The topological polar surface area (TPSA) is 15.8 Å². The molecular formula is C16H25Cl2NSiZr. The number of rotatable bonds is 1. The average molecular weight is 422 g/mol. The minimum Gasteiger partial charge on any atom is -1.00 e. The molecule has 5 heteroatoms. The summed E-state index contributed by atoms with van der Waals surface area (Å²) in [7, 11) is -0.663. The van der Waals surface area contributed by atoms with Crippen molar-refractivity contribution in [1.29, 1.82) is 0 Å². The first-order valence-electron chi connectivity index (χ1n) is 6.60. The second kappa shape index (κ2) is 11.0. The van der Waals surface area contributed by atoms with Gasteiger partial charge < -0.3 is 29.8 Å². The van der Waals surface area contributed by atoms with Crippen molar-refractivity contribution in [1.82, 2.24) is 4.98 Å². The van der Waals surface area contributed by atoms with E-state index >= 15 is 0 Å². The Morgan fingerprint density at radius 1 is 1.10 bits per heavy atom. The Bertz CT molecular complexity index is 467. The second-order valence-corrected chi connectivity index (χ2v) is 9.11. The molecule has 1 aromatic rings. The van der Waals surface area contributed by atoms with Gasteiger partial charge in [0.1, 0.15) is 0 Å². The van der Waals surface area contributed by atoms with Crippen LogP contribution in [0.2, 0.25) is 18.1 Å². The first kappa shape index (κ1) is 26.3. The Kier molecular flexibility index (Phi) is 13.9. The van der Waals surface area contributed by atoms with E-state index in [1.165, 1.54) is 11.1 Å². The molecule has 1 N–H and O–H groups in total. The SMILES string of the molecule is CC1=[C-]C(C)([SiH](C)C)C(C)=C1C.Cc1[c-][nH]cc1.[Cl-].[Cl-].[Zr+4]. The molecule has 1 unspecified atom stereocenters. The van der Waals surface area contributed by atoms with E-state index in [0.29, 0.717) is 5.04 Å². The van der Waals surface area contributed by atoms with Crippen molar-refractivity contribution < 1.29 is 51.0 Å². The maximum atomic E-state index is 3.63. The van der Waals surface area contributed by atoms with Crippen LogP contribution in [0.3, 0.4) is 0 Å². The molecule has 0 saturated heterocycles. The number of aromatic nitrogens is 1. The van der Waals surface area contributed by atoms with Gasteiger partial charge in [-0.05, 0) is 0 Å². The van der Waals surface area contributed by atoms with Gasteiger partial charge in [0.2, 0.25) is 0 Å². The Hall–Kier alpha value is 0.440. The average Bonchev–Trinajstić information content (AvgIpc) is 2.84. The predicted octanol–water partition coefficient (Wildman–Crippen LogP) is -1.54. The number of halogens is 2. The quantitative estimate of drug-likeness (QED) is 0.418.